The molecular weight excluding hydrogens is 321 g/mol. The van der Waals surface area contributed by atoms with Crippen molar-refractivity contribution in [3.8, 4) is 0 Å². The number of aryl methyl sites for hydroxylation is 1. The van der Waals surface area contributed by atoms with Crippen molar-refractivity contribution in [1.29, 1.82) is 0 Å². The molecule has 1 aromatic rings. The van der Waals surface area contributed by atoms with Gasteiger partial charge < -0.3 is 0 Å². The number of alkyl halides is 4. The minimum absolute atomic E-state index is 0.195. The van der Waals surface area contributed by atoms with Gasteiger partial charge >= 0.3 is 6.18 Å². The van der Waals surface area contributed by atoms with Crippen LogP contribution in [0.1, 0.15) is 23.1 Å². The fourth-order valence-electron chi connectivity index (χ4n) is 3.02. The molecule has 0 saturated heterocycles. The Morgan fingerprint density at radius 2 is 2.00 bits per heavy atom. The molecule has 0 saturated carbocycles. The second kappa shape index (κ2) is 5.72. The third-order valence-corrected chi connectivity index (χ3v) is 4.70. The number of fused-ring (bicyclic) bond motifs is 1. The highest BCUT2D eigenvalue weighted by molar-refractivity contribution is 6.23. The van der Waals surface area contributed by atoms with Crippen molar-refractivity contribution in [3.63, 3.8) is 0 Å². The second-order valence-electron chi connectivity index (χ2n) is 6.01. The molecule has 0 bridgehead atoms. The van der Waals surface area contributed by atoms with Gasteiger partial charge in [0.05, 0.1) is 5.38 Å². The molecule has 120 valence electrons. The van der Waals surface area contributed by atoms with Gasteiger partial charge in [0.1, 0.15) is 0 Å². The van der Waals surface area contributed by atoms with Crippen LogP contribution in [0.2, 0.25) is 0 Å². The maximum atomic E-state index is 12.7. The van der Waals surface area contributed by atoms with E-state index in [1.807, 2.05) is 25.1 Å². The van der Waals surface area contributed by atoms with Gasteiger partial charge in [-0.25, -0.2) is 0 Å². The lowest BCUT2D eigenvalue weighted by atomic mass is 9.94. The van der Waals surface area contributed by atoms with E-state index in [9.17, 15) is 13.2 Å². The lowest BCUT2D eigenvalue weighted by Crippen LogP contribution is -2.19. The molecule has 0 N–H and O–H groups in total. The molecule has 2 aliphatic carbocycles. The van der Waals surface area contributed by atoms with Gasteiger partial charge in [0.2, 0.25) is 0 Å². The van der Waals surface area contributed by atoms with Crippen LogP contribution >= 0.6 is 11.6 Å². The van der Waals surface area contributed by atoms with E-state index in [-0.39, 0.29) is 6.42 Å². The minimum Gasteiger partial charge on any atom is -0.166 e. The van der Waals surface area contributed by atoms with Crippen molar-refractivity contribution in [2.75, 3.05) is 0 Å². The van der Waals surface area contributed by atoms with Crippen molar-refractivity contribution in [3.05, 3.63) is 76.4 Å². The first-order valence-electron chi connectivity index (χ1n) is 7.37. The van der Waals surface area contributed by atoms with E-state index in [4.69, 9.17) is 11.6 Å². The normalized spacial score (nSPS) is 22.9. The number of hydrogen-bond donors (Lipinski definition) is 0. The molecule has 1 atom stereocenters. The molecule has 0 heterocycles. The molecule has 0 aromatic heterocycles. The van der Waals surface area contributed by atoms with E-state index >= 15 is 0 Å². The Morgan fingerprint density at radius 3 is 2.65 bits per heavy atom. The molecule has 0 radical (unpaired) electrons. The molecule has 1 unspecified atom stereocenters. The predicted octanol–water partition coefficient (Wildman–Crippen LogP) is 5.92. The summed E-state index contributed by atoms with van der Waals surface area (Å²) in [5.74, 6) is 0. The van der Waals surface area contributed by atoms with Crippen LogP contribution < -0.4 is 0 Å². The summed E-state index contributed by atoms with van der Waals surface area (Å²) in [5.41, 5.74) is 5.57. The molecule has 0 nitrogen and oxygen atoms in total. The number of halogens is 4. The van der Waals surface area contributed by atoms with Crippen LogP contribution in [0.15, 0.2) is 59.7 Å². The quantitative estimate of drug-likeness (QED) is 0.559. The minimum atomic E-state index is -4.31. The van der Waals surface area contributed by atoms with Gasteiger partial charge in [0.25, 0.3) is 0 Å². The maximum absolute atomic E-state index is 12.7. The first-order valence-corrected chi connectivity index (χ1v) is 7.81. The molecule has 4 heteroatoms. The van der Waals surface area contributed by atoms with Crippen molar-refractivity contribution < 1.29 is 13.2 Å². The third kappa shape index (κ3) is 3.16. The lowest BCUT2D eigenvalue weighted by molar-refractivity contribution is -0.0940. The summed E-state index contributed by atoms with van der Waals surface area (Å²) in [5, 5.41) is -0.664. The van der Waals surface area contributed by atoms with Crippen molar-refractivity contribution in [2.45, 2.75) is 31.3 Å². The smallest absolute Gasteiger partial charge is 0.166 e. The number of allylic oxidation sites excluding steroid dienone is 7. The Hall–Kier alpha value is -1.74. The van der Waals surface area contributed by atoms with E-state index in [0.717, 1.165) is 29.2 Å². The highest BCUT2D eigenvalue weighted by atomic mass is 35.5. The Morgan fingerprint density at radius 1 is 1.26 bits per heavy atom. The highest BCUT2D eigenvalue weighted by Gasteiger charge is 2.36. The largest absolute Gasteiger partial charge is 0.412 e. The summed E-state index contributed by atoms with van der Waals surface area (Å²) in [6.45, 7) is 6.15. The molecule has 23 heavy (non-hydrogen) atoms. The van der Waals surface area contributed by atoms with Gasteiger partial charge in [0, 0.05) is 5.57 Å². The van der Waals surface area contributed by atoms with Crippen LogP contribution in [0.5, 0.6) is 0 Å². The monoisotopic (exact) mass is 336 g/mol. The van der Waals surface area contributed by atoms with Crippen LogP contribution in [0.3, 0.4) is 0 Å². The van der Waals surface area contributed by atoms with Crippen LogP contribution in [-0.2, 0) is 6.42 Å². The summed E-state index contributed by atoms with van der Waals surface area (Å²) >= 11 is 6.16. The average molecular weight is 337 g/mol. The van der Waals surface area contributed by atoms with Gasteiger partial charge in [-0.2, -0.15) is 13.2 Å². The molecule has 2 aliphatic rings. The first-order chi connectivity index (χ1) is 10.8. The molecule has 1 aromatic carbocycles. The van der Waals surface area contributed by atoms with Crippen molar-refractivity contribution in [2.24, 2.45) is 0 Å². The van der Waals surface area contributed by atoms with Gasteiger partial charge in [-0.05, 0) is 47.6 Å². The zero-order valence-corrected chi connectivity index (χ0v) is 13.4. The van der Waals surface area contributed by atoms with E-state index in [2.05, 4.69) is 12.6 Å². The summed E-state index contributed by atoms with van der Waals surface area (Å²) in [6, 6.07) is 6.20. The maximum Gasteiger partial charge on any atom is 0.412 e. The standard InChI is InChI=1S/C19H16ClF3/c1-11-3-6-17-12(2)14(9-15(17)7-11)8-13-4-5-16(10-18(13)20)19(21,22)23/h3-8,18H,2,9-10H2,1H3/b14-8+. The molecule has 0 spiro atoms. The fraction of sp³-hybridized carbons (Fsp3) is 0.263. The Bertz CT molecular complexity index is 763. The summed E-state index contributed by atoms with van der Waals surface area (Å²) in [4.78, 5) is 0. The molecule has 0 aliphatic heterocycles. The zero-order chi connectivity index (χ0) is 16.8. The van der Waals surface area contributed by atoms with Crippen LogP contribution in [-0.4, -0.2) is 11.6 Å². The van der Waals surface area contributed by atoms with E-state index in [1.54, 1.807) is 0 Å². The van der Waals surface area contributed by atoms with Crippen LogP contribution in [0.25, 0.3) is 5.57 Å². The summed E-state index contributed by atoms with van der Waals surface area (Å²) in [7, 11) is 0. The number of hydrogen-bond acceptors (Lipinski definition) is 0. The zero-order valence-electron chi connectivity index (χ0n) is 12.7. The van der Waals surface area contributed by atoms with Crippen LogP contribution in [0.4, 0.5) is 13.2 Å². The Kier molecular flexibility index (Phi) is 4.01. The second-order valence-corrected chi connectivity index (χ2v) is 6.54. The first kappa shape index (κ1) is 16.1. The van der Waals surface area contributed by atoms with Crippen LogP contribution in [0, 0.1) is 6.92 Å². The summed E-state index contributed by atoms with van der Waals surface area (Å²) in [6.07, 6.45) is 0.719. The van der Waals surface area contributed by atoms with E-state index in [1.165, 1.54) is 17.2 Å². The van der Waals surface area contributed by atoms with E-state index in [0.29, 0.717) is 5.57 Å². The van der Waals surface area contributed by atoms with Gasteiger partial charge in [0.15, 0.2) is 0 Å². The molecular formula is C19H16ClF3. The molecule has 0 fully saturated rings. The topological polar surface area (TPSA) is 0 Å². The number of rotatable bonds is 1. The molecule has 0 amide bonds. The highest BCUT2D eigenvalue weighted by Crippen LogP contribution is 2.39. The number of benzene rings is 1. The van der Waals surface area contributed by atoms with Crippen molar-refractivity contribution >= 4 is 17.2 Å². The van der Waals surface area contributed by atoms with Crippen molar-refractivity contribution in [1.82, 2.24) is 0 Å². The predicted molar refractivity (Wildman–Crippen MR) is 88.5 cm³/mol. The third-order valence-electron chi connectivity index (χ3n) is 4.30. The fourth-order valence-corrected chi connectivity index (χ4v) is 3.32. The van der Waals surface area contributed by atoms with Gasteiger partial charge in [-0.15, -0.1) is 11.6 Å². The Labute approximate surface area is 138 Å². The van der Waals surface area contributed by atoms with Gasteiger partial charge in [-0.1, -0.05) is 48.6 Å². The Balaban J connectivity index is 1.90. The average Bonchev–Trinajstić information content (AvgIpc) is 2.76. The van der Waals surface area contributed by atoms with Gasteiger partial charge in [-0.3, -0.25) is 0 Å². The molecule has 3 rings (SSSR count). The lowest BCUT2D eigenvalue weighted by Gasteiger charge is -2.20. The van der Waals surface area contributed by atoms with E-state index < -0.39 is 17.1 Å². The SMILES string of the molecule is C=C1/C(=C/C2=CC=C(C(F)(F)F)CC2Cl)Cc2cc(C)ccc21. The summed E-state index contributed by atoms with van der Waals surface area (Å²) < 4.78 is 38.2.